The van der Waals surface area contributed by atoms with Gasteiger partial charge in [0.25, 0.3) is 0 Å². The van der Waals surface area contributed by atoms with Gasteiger partial charge in [0, 0.05) is 39.3 Å². The summed E-state index contributed by atoms with van der Waals surface area (Å²) in [4.78, 5) is 29.8. The summed E-state index contributed by atoms with van der Waals surface area (Å²) in [6, 6.07) is 13.9. The predicted molar refractivity (Wildman–Crippen MR) is 140 cm³/mol. The van der Waals surface area contributed by atoms with E-state index < -0.39 is 0 Å². The van der Waals surface area contributed by atoms with Crippen molar-refractivity contribution in [3.8, 4) is 16.3 Å². The van der Waals surface area contributed by atoms with Crippen molar-refractivity contribution < 1.29 is 9.53 Å². The Morgan fingerprint density at radius 3 is 2.47 bits per heavy atom. The monoisotopic (exact) mass is 504 g/mol. The first-order valence-electron chi connectivity index (χ1n) is 12.2. The fourth-order valence-electron chi connectivity index (χ4n) is 4.71. The molecule has 10 nitrogen and oxygen atoms in total. The summed E-state index contributed by atoms with van der Waals surface area (Å²) in [5.74, 6) is 1.34. The number of fused-ring (bicyclic) bond motifs is 1. The van der Waals surface area contributed by atoms with Crippen molar-refractivity contribution in [3.05, 3.63) is 47.8 Å². The Kier molecular flexibility index (Phi) is 6.26. The number of thiophene rings is 1. The number of carbonyl (C=O) groups is 1. The lowest BCUT2D eigenvalue weighted by Crippen LogP contribution is -2.51. The van der Waals surface area contributed by atoms with Crippen LogP contribution in [0.15, 0.2) is 47.8 Å². The smallest absolute Gasteiger partial charge is 0.236 e. The van der Waals surface area contributed by atoms with Crippen molar-refractivity contribution >= 4 is 40.0 Å². The lowest BCUT2D eigenvalue weighted by Gasteiger charge is -2.36. The molecule has 2 aliphatic rings. The minimum atomic E-state index is 0.173. The lowest BCUT2D eigenvalue weighted by atomic mass is 10.2. The van der Waals surface area contributed by atoms with Crippen LogP contribution >= 0.6 is 11.3 Å². The number of hydrogen-bond acceptors (Lipinski definition) is 9. The molecule has 6 rings (SSSR count). The van der Waals surface area contributed by atoms with Crippen molar-refractivity contribution in [1.82, 2.24) is 29.5 Å². The number of rotatable bonds is 5. The van der Waals surface area contributed by atoms with Gasteiger partial charge < -0.3 is 20.3 Å². The molecule has 36 heavy (non-hydrogen) atoms. The number of benzene rings is 1. The van der Waals surface area contributed by atoms with Gasteiger partial charge in [-0.05, 0) is 23.6 Å². The number of anilines is 2. The molecule has 0 atom stereocenters. The van der Waals surface area contributed by atoms with E-state index in [9.17, 15) is 4.79 Å². The van der Waals surface area contributed by atoms with Crippen LogP contribution in [0.3, 0.4) is 0 Å². The molecule has 0 unspecified atom stereocenters. The van der Waals surface area contributed by atoms with E-state index in [0.717, 1.165) is 47.8 Å². The van der Waals surface area contributed by atoms with Gasteiger partial charge in [-0.1, -0.05) is 24.3 Å². The van der Waals surface area contributed by atoms with Crippen molar-refractivity contribution in [2.24, 2.45) is 0 Å². The van der Waals surface area contributed by atoms with Gasteiger partial charge in [-0.25, -0.2) is 9.67 Å². The number of nitrogen functional groups attached to an aromatic ring is 1. The Labute approximate surface area is 212 Å². The van der Waals surface area contributed by atoms with Crippen LogP contribution < -0.4 is 10.6 Å². The summed E-state index contributed by atoms with van der Waals surface area (Å²) in [5, 5.41) is 7.56. The molecular formula is C25H28N8O2S. The molecule has 186 valence electrons. The van der Waals surface area contributed by atoms with E-state index in [1.165, 1.54) is 0 Å². The zero-order valence-electron chi connectivity index (χ0n) is 19.9. The quantitative estimate of drug-likeness (QED) is 0.441. The van der Waals surface area contributed by atoms with Crippen LogP contribution in [0.1, 0.15) is 0 Å². The van der Waals surface area contributed by atoms with Crippen LogP contribution in [0, 0.1) is 0 Å². The maximum absolute atomic E-state index is 12.7. The highest BCUT2D eigenvalue weighted by Crippen LogP contribution is 2.35. The van der Waals surface area contributed by atoms with Gasteiger partial charge in [-0.15, -0.1) is 16.4 Å². The molecule has 0 bridgehead atoms. The summed E-state index contributed by atoms with van der Waals surface area (Å²) in [7, 11) is 0. The number of nitrogens with zero attached hydrogens (tertiary/aromatic N) is 7. The van der Waals surface area contributed by atoms with E-state index in [2.05, 4.69) is 9.80 Å². The average molecular weight is 505 g/mol. The van der Waals surface area contributed by atoms with Crippen LogP contribution in [0.5, 0.6) is 0 Å². The van der Waals surface area contributed by atoms with Gasteiger partial charge in [0.15, 0.2) is 5.65 Å². The molecule has 1 amide bonds. The fraction of sp³-hybridized carbons (Fsp3) is 0.360. The third-order valence-electron chi connectivity index (χ3n) is 6.69. The van der Waals surface area contributed by atoms with Crippen LogP contribution in [0.4, 0.5) is 11.8 Å². The number of nitrogens with two attached hydrogens (primary N) is 1. The highest BCUT2D eigenvalue weighted by atomic mass is 32.1. The molecule has 0 radical (unpaired) electrons. The third-order valence-corrected chi connectivity index (χ3v) is 7.57. The minimum Gasteiger partial charge on any atom is -0.383 e. The Balaban J connectivity index is 1.26. The standard InChI is InChI=1S/C25H28N8O2S/c26-23-21-22(19-7-4-16-36-19)27-25(28-24(21)29-33(23)18-5-2-1-3-6-18)32-10-8-30(9-11-32)17-20(34)31-12-14-35-15-13-31/h1-7,16H,8-15,17,26H2. The second kappa shape index (κ2) is 9.84. The summed E-state index contributed by atoms with van der Waals surface area (Å²) in [6.45, 7) is 6.05. The first-order chi connectivity index (χ1) is 17.7. The summed E-state index contributed by atoms with van der Waals surface area (Å²) >= 11 is 1.62. The molecule has 11 heteroatoms. The number of aromatic nitrogens is 4. The zero-order chi connectivity index (χ0) is 24.5. The van der Waals surface area contributed by atoms with Crippen molar-refractivity contribution in [3.63, 3.8) is 0 Å². The van der Waals surface area contributed by atoms with E-state index >= 15 is 0 Å². The minimum absolute atomic E-state index is 0.173. The number of piperazine rings is 1. The van der Waals surface area contributed by atoms with E-state index in [1.54, 1.807) is 16.0 Å². The molecule has 0 aliphatic carbocycles. The van der Waals surface area contributed by atoms with E-state index in [4.69, 9.17) is 25.5 Å². The number of ether oxygens (including phenoxy) is 1. The second-order valence-electron chi connectivity index (χ2n) is 8.94. The van der Waals surface area contributed by atoms with Gasteiger partial charge in [0.2, 0.25) is 11.9 Å². The van der Waals surface area contributed by atoms with Gasteiger partial charge in [0.05, 0.1) is 41.4 Å². The largest absolute Gasteiger partial charge is 0.383 e. The van der Waals surface area contributed by atoms with Crippen LogP contribution in [-0.4, -0.2) is 94.5 Å². The highest BCUT2D eigenvalue weighted by Gasteiger charge is 2.26. The van der Waals surface area contributed by atoms with Crippen molar-refractivity contribution in [2.45, 2.75) is 0 Å². The van der Waals surface area contributed by atoms with Gasteiger partial charge in [-0.2, -0.15) is 4.98 Å². The number of morpholine rings is 1. The number of para-hydroxylation sites is 1. The van der Waals surface area contributed by atoms with Crippen molar-refractivity contribution in [1.29, 1.82) is 0 Å². The molecule has 5 heterocycles. The molecular weight excluding hydrogens is 476 g/mol. The highest BCUT2D eigenvalue weighted by molar-refractivity contribution is 7.13. The Morgan fingerprint density at radius 1 is 0.972 bits per heavy atom. The third kappa shape index (κ3) is 4.41. The predicted octanol–water partition coefficient (Wildman–Crippen LogP) is 2.11. The molecule has 2 N–H and O–H groups in total. The normalized spacial score (nSPS) is 17.1. The van der Waals surface area contributed by atoms with Gasteiger partial charge in [0.1, 0.15) is 5.82 Å². The maximum atomic E-state index is 12.7. The fourth-order valence-corrected chi connectivity index (χ4v) is 5.43. The molecule has 4 aromatic rings. The summed E-state index contributed by atoms with van der Waals surface area (Å²) in [5.41, 5.74) is 8.85. The Hall–Kier alpha value is -3.54. The second-order valence-corrected chi connectivity index (χ2v) is 9.88. The molecule has 0 spiro atoms. The van der Waals surface area contributed by atoms with Gasteiger partial charge in [-0.3, -0.25) is 9.69 Å². The molecule has 2 fully saturated rings. The van der Waals surface area contributed by atoms with E-state index in [-0.39, 0.29) is 5.91 Å². The number of amides is 1. The molecule has 0 saturated carbocycles. The van der Waals surface area contributed by atoms with Crippen molar-refractivity contribution in [2.75, 3.05) is 69.7 Å². The van der Waals surface area contributed by atoms with Crippen LogP contribution in [0.25, 0.3) is 27.3 Å². The Bertz CT molecular complexity index is 1340. The van der Waals surface area contributed by atoms with Gasteiger partial charge >= 0.3 is 0 Å². The SMILES string of the molecule is Nc1c2c(-c3cccs3)nc(N3CCN(CC(=O)N4CCOCC4)CC3)nc2nn1-c1ccccc1. The molecule has 3 aromatic heterocycles. The topological polar surface area (TPSA) is 106 Å². The number of carbonyl (C=O) groups excluding carboxylic acids is 1. The zero-order valence-corrected chi connectivity index (χ0v) is 20.7. The first kappa shape index (κ1) is 22.9. The molecule has 2 saturated heterocycles. The molecule has 1 aromatic carbocycles. The van der Waals surface area contributed by atoms with Crippen LogP contribution in [0.2, 0.25) is 0 Å². The lowest BCUT2D eigenvalue weighted by molar-refractivity contribution is -0.136. The first-order valence-corrected chi connectivity index (χ1v) is 13.0. The Morgan fingerprint density at radius 2 is 1.75 bits per heavy atom. The molecule has 2 aliphatic heterocycles. The van der Waals surface area contributed by atoms with Crippen LogP contribution in [-0.2, 0) is 9.53 Å². The van der Waals surface area contributed by atoms with E-state index in [1.807, 2.05) is 52.7 Å². The number of hydrogen-bond donors (Lipinski definition) is 1. The maximum Gasteiger partial charge on any atom is 0.236 e. The summed E-state index contributed by atoms with van der Waals surface area (Å²) in [6.07, 6.45) is 0. The summed E-state index contributed by atoms with van der Waals surface area (Å²) < 4.78 is 7.09. The van der Waals surface area contributed by atoms with E-state index in [0.29, 0.717) is 50.3 Å². The average Bonchev–Trinajstić information content (AvgIpc) is 3.58.